The van der Waals surface area contributed by atoms with Gasteiger partial charge in [-0.3, -0.25) is 0 Å². The molecule has 1 fully saturated rings. The van der Waals surface area contributed by atoms with Crippen LogP contribution in [0.25, 0.3) is 0 Å². The molecule has 20 heavy (non-hydrogen) atoms. The van der Waals surface area contributed by atoms with Gasteiger partial charge in [0.15, 0.2) is 9.84 Å². The number of methoxy groups -OCH3 is 1. The second kappa shape index (κ2) is 6.10. The van der Waals surface area contributed by atoms with Gasteiger partial charge in [0.25, 0.3) is 0 Å². The summed E-state index contributed by atoms with van der Waals surface area (Å²) in [5, 5.41) is 3.27. The van der Waals surface area contributed by atoms with Crippen molar-refractivity contribution in [3.8, 4) is 5.75 Å². The summed E-state index contributed by atoms with van der Waals surface area (Å²) in [4.78, 5) is 0. The monoisotopic (exact) mass is 301 g/mol. The highest BCUT2D eigenvalue weighted by Gasteiger charge is 2.26. The second-order valence-electron chi connectivity index (χ2n) is 5.23. The van der Waals surface area contributed by atoms with E-state index in [1.54, 1.807) is 6.07 Å². The Kier molecular flexibility index (Phi) is 4.65. The molecule has 1 aromatic rings. The van der Waals surface area contributed by atoms with Gasteiger partial charge in [-0.2, -0.15) is 0 Å². The van der Waals surface area contributed by atoms with Crippen molar-refractivity contribution in [1.29, 1.82) is 0 Å². The highest BCUT2D eigenvalue weighted by molar-refractivity contribution is 7.91. The number of halogens is 1. The zero-order valence-electron chi connectivity index (χ0n) is 11.7. The molecule has 0 aliphatic carbocycles. The summed E-state index contributed by atoms with van der Waals surface area (Å²) >= 11 is 0. The number of hydrogen-bond acceptors (Lipinski definition) is 4. The van der Waals surface area contributed by atoms with Crippen LogP contribution >= 0.6 is 0 Å². The van der Waals surface area contributed by atoms with E-state index in [0.717, 1.165) is 6.42 Å². The summed E-state index contributed by atoms with van der Waals surface area (Å²) in [6.45, 7) is 1.89. The van der Waals surface area contributed by atoms with Gasteiger partial charge in [0.2, 0.25) is 0 Å². The van der Waals surface area contributed by atoms with Gasteiger partial charge < -0.3 is 10.1 Å². The molecule has 0 saturated carbocycles. The van der Waals surface area contributed by atoms with E-state index in [1.807, 2.05) is 6.92 Å². The molecule has 0 spiro atoms. The molecular weight excluding hydrogens is 281 g/mol. The first-order valence-corrected chi connectivity index (χ1v) is 8.53. The van der Waals surface area contributed by atoms with Crippen LogP contribution in [0.1, 0.15) is 31.4 Å². The Labute approximate surface area is 119 Å². The molecule has 6 heteroatoms. The lowest BCUT2D eigenvalue weighted by atomic mass is 10.0. The largest absolute Gasteiger partial charge is 0.496 e. The van der Waals surface area contributed by atoms with E-state index in [9.17, 15) is 12.8 Å². The van der Waals surface area contributed by atoms with Crippen molar-refractivity contribution in [2.45, 2.75) is 31.8 Å². The molecule has 0 amide bonds. The van der Waals surface area contributed by atoms with Crippen LogP contribution in [0.5, 0.6) is 5.75 Å². The summed E-state index contributed by atoms with van der Waals surface area (Å²) < 4.78 is 41.9. The van der Waals surface area contributed by atoms with Crippen molar-refractivity contribution >= 4 is 9.84 Å². The quantitative estimate of drug-likeness (QED) is 0.925. The molecular formula is C14H20FNO3S. The number of rotatable bonds is 4. The van der Waals surface area contributed by atoms with Gasteiger partial charge in [-0.1, -0.05) is 0 Å². The summed E-state index contributed by atoms with van der Waals surface area (Å²) in [5.41, 5.74) is 0.704. The molecule has 0 bridgehead atoms. The fourth-order valence-electron chi connectivity index (χ4n) is 2.64. The van der Waals surface area contributed by atoms with E-state index in [4.69, 9.17) is 4.74 Å². The zero-order chi connectivity index (χ0) is 14.8. The average molecular weight is 301 g/mol. The van der Waals surface area contributed by atoms with Gasteiger partial charge in [-0.05, 0) is 38.0 Å². The van der Waals surface area contributed by atoms with Crippen molar-refractivity contribution in [1.82, 2.24) is 5.32 Å². The SMILES string of the molecule is COc1ccc(F)cc1C(C)NC1CCCS(=O)(=O)C1. The number of nitrogens with one attached hydrogen (secondary N) is 1. The molecule has 1 aliphatic heterocycles. The summed E-state index contributed by atoms with van der Waals surface area (Å²) in [6, 6.07) is 4.10. The number of ether oxygens (including phenoxy) is 1. The third-order valence-electron chi connectivity index (χ3n) is 3.61. The van der Waals surface area contributed by atoms with Gasteiger partial charge >= 0.3 is 0 Å². The molecule has 1 saturated heterocycles. The van der Waals surface area contributed by atoms with E-state index in [2.05, 4.69) is 5.32 Å². The van der Waals surface area contributed by atoms with E-state index in [-0.39, 0.29) is 29.4 Å². The van der Waals surface area contributed by atoms with Gasteiger partial charge in [0, 0.05) is 17.6 Å². The predicted molar refractivity (Wildman–Crippen MR) is 76.2 cm³/mol. The third kappa shape index (κ3) is 3.70. The van der Waals surface area contributed by atoms with E-state index < -0.39 is 9.84 Å². The Bertz CT molecular complexity index is 574. The maximum Gasteiger partial charge on any atom is 0.151 e. The van der Waals surface area contributed by atoms with Crippen molar-refractivity contribution in [2.24, 2.45) is 0 Å². The van der Waals surface area contributed by atoms with Crippen molar-refractivity contribution in [2.75, 3.05) is 18.6 Å². The van der Waals surface area contributed by atoms with Crippen LogP contribution in [0.3, 0.4) is 0 Å². The van der Waals surface area contributed by atoms with E-state index in [0.29, 0.717) is 17.7 Å². The molecule has 1 aliphatic rings. The molecule has 0 aromatic heterocycles. The van der Waals surface area contributed by atoms with Crippen LogP contribution in [0.4, 0.5) is 4.39 Å². The molecule has 2 rings (SSSR count). The molecule has 1 heterocycles. The van der Waals surface area contributed by atoms with E-state index >= 15 is 0 Å². The first-order chi connectivity index (χ1) is 9.41. The summed E-state index contributed by atoms with van der Waals surface area (Å²) in [6.07, 6.45) is 1.49. The molecule has 1 N–H and O–H groups in total. The maximum atomic E-state index is 13.4. The van der Waals surface area contributed by atoms with Gasteiger partial charge in [0.05, 0.1) is 18.6 Å². The number of sulfone groups is 1. The third-order valence-corrected chi connectivity index (χ3v) is 5.43. The predicted octanol–water partition coefficient (Wildman–Crippen LogP) is 2.06. The average Bonchev–Trinajstić information content (AvgIpc) is 2.37. The Balaban J connectivity index is 2.12. The Morgan fingerprint density at radius 2 is 2.20 bits per heavy atom. The molecule has 1 aromatic carbocycles. The normalized spacial score (nSPS) is 23.2. The second-order valence-corrected chi connectivity index (χ2v) is 7.46. The minimum absolute atomic E-state index is 0.0864. The topological polar surface area (TPSA) is 55.4 Å². The molecule has 4 nitrogen and oxygen atoms in total. The molecule has 112 valence electrons. The fourth-order valence-corrected chi connectivity index (χ4v) is 4.29. The van der Waals surface area contributed by atoms with Crippen LogP contribution < -0.4 is 10.1 Å². The van der Waals surface area contributed by atoms with Crippen LogP contribution in [-0.4, -0.2) is 33.1 Å². The zero-order valence-corrected chi connectivity index (χ0v) is 12.5. The minimum atomic E-state index is -2.95. The van der Waals surface area contributed by atoms with Gasteiger partial charge in [-0.25, -0.2) is 12.8 Å². The number of benzene rings is 1. The lowest BCUT2D eigenvalue weighted by Gasteiger charge is -2.27. The molecule has 2 unspecified atom stereocenters. The lowest BCUT2D eigenvalue weighted by Crippen LogP contribution is -2.41. The van der Waals surface area contributed by atoms with Crippen molar-refractivity contribution in [3.05, 3.63) is 29.6 Å². The summed E-state index contributed by atoms with van der Waals surface area (Å²) in [5.74, 6) is 0.688. The Morgan fingerprint density at radius 1 is 1.45 bits per heavy atom. The molecule has 0 radical (unpaired) electrons. The highest BCUT2D eigenvalue weighted by atomic mass is 32.2. The van der Waals surface area contributed by atoms with Crippen LogP contribution in [0.15, 0.2) is 18.2 Å². The minimum Gasteiger partial charge on any atom is -0.496 e. The van der Waals surface area contributed by atoms with E-state index in [1.165, 1.54) is 19.2 Å². The van der Waals surface area contributed by atoms with Crippen LogP contribution in [-0.2, 0) is 9.84 Å². The Hall–Kier alpha value is -1.14. The molecule has 2 atom stereocenters. The smallest absolute Gasteiger partial charge is 0.151 e. The first-order valence-electron chi connectivity index (χ1n) is 6.71. The Morgan fingerprint density at radius 3 is 2.85 bits per heavy atom. The van der Waals surface area contributed by atoms with Crippen LogP contribution in [0, 0.1) is 5.82 Å². The fraction of sp³-hybridized carbons (Fsp3) is 0.571. The first kappa shape index (κ1) is 15.3. The van der Waals surface area contributed by atoms with Crippen molar-refractivity contribution in [3.63, 3.8) is 0 Å². The lowest BCUT2D eigenvalue weighted by molar-refractivity contribution is 0.388. The maximum absolute atomic E-state index is 13.4. The van der Waals surface area contributed by atoms with Gasteiger partial charge in [-0.15, -0.1) is 0 Å². The summed E-state index contributed by atoms with van der Waals surface area (Å²) in [7, 11) is -1.42. The van der Waals surface area contributed by atoms with Crippen LogP contribution in [0.2, 0.25) is 0 Å². The highest BCUT2D eigenvalue weighted by Crippen LogP contribution is 2.27. The standard InChI is InChI=1S/C14H20FNO3S/c1-10(13-8-11(15)5-6-14(13)19-2)16-12-4-3-7-20(17,18)9-12/h5-6,8,10,12,16H,3-4,7,9H2,1-2H3. The number of hydrogen-bond donors (Lipinski definition) is 1. The van der Waals surface area contributed by atoms with Crippen molar-refractivity contribution < 1.29 is 17.5 Å². The van der Waals surface area contributed by atoms with Gasteiger partial charge in [0.1, 0.15) is 11.6 Å².